The first-order valence-corrected chi connectivity index (χ1v) is 5.18. The molecule has 0 radical (unpaired) electrons. The summed E-state index contributed by atoms with van der Waals surface area (Å²) in [5.74, 6) is 0. The highest BCUT2D eigenvalue weighted by molar-refractivity contribution is 5.94. The number of urea groups is 1. The van der Waals surface area contributed by atoms with Crippen LogP contribution in [0.15, 0.2) is 12.1 Å². The van der Waals surface area contributed by atoms with Gasteiger partial charge in [0.05, 0.1) is 11.4 Å². The van der Waals surface area contributed by atoms with E-state index in [9.17, 15) is 18.0 Å². The molecule has 0 aromatic heterocycles. The zero-order valence-corrected chi connectivity index (χ0v) is 9.98. The molecule has 0 spiro atoms. The molecule has 1 aromatic rings. The molecule has 0 fully saturated rings. The van der Waals surface area contributed by atoms with Crippen LogP contribution in [0.4, 0.5) is 29.3 Å². The van der Waals surface area contributed by atoms with Gasteiger partial charge in [0.25, 0.3) is 0 Å². The number of nitrogens with two attached hydrogens (primary N) is 1. The van der Waals surface area contributed by atoms with E-state index in [1.807, 2.05) is 6.92 Å². The molecule has 0 atom stereocenters. The minimum absolute atomic E-state index is 0.306. The van der Waals surface area contributed by atoms with Gasteiger partial charge in [0.2, 0.25) is 0 Å². The minimum atomic E-state index is -4.44. The van der Waals surface area contributed by atoms with Gasteiger partial charge in [0.1, 0.15) is 6.54 Å². The Hall–Kier alpha value is -1.92. The quantitative estimate of drug-likeness (QED) is 0.716. The normalized spacial score (nSPS) is 11.2. The Kier molecular flexibility index (Phi) is 4.05. The minimum Gasteiger partial charge on any atom is -0.397 e. The highest BCUT2D eigenvalue weighted by Crippen LogP contribution is 2.25. The maximum absolute atomic E-state index is 11.9. The zero-order valence-electron chi connectivity index (χ0n) is 9.98. The fraction of sp³-hybridized carbons (Fsp3) is 0.364. The maximum Gasteiger partial charge on any atom is 0.405 e. The maximum atomic E-state index is 11.9. The van der Waals surface area contributed by atoms with E-state index in [-0.39, 0.29) is 0 Å². The molecule has 7 heteroatoms. The second kappa shape index (κ2) is 5.16. The van der Waals surface area contributed by atoms with Crippen molar-refractivity contribution in [3.63, 3.8) is 0 Å². The van der Waals surface area contributed by atoms with Gasteiger partial charge in [-0.2, -0.15) is 13.2 Å². The number of rotatable bonds is 2. The number of hydrogen-bond donors (Lipinski definition) is 3. The van der Waals surface area contributed by atoms with Gasteiger partial charge in [-0.1, -0.05) is 6.07 Å². The molecule has 0 aliphatic carbocycles. The largest absolute Gasteiger partial charge is 0.405 e. The Morgan fingerprint density at radius 1 is 1.33 bits per heavy atom. The van der Waals surface area contributed by atoms with Crippen LogP contribution in [0.1, 0.15) is 11.1 Å². The third kappa shape index (κ3) is 3.83. The fourth-order valence-corrected chi connectivity index (χ4v) is 1.34. The summed E-state index contributed by atoms with van der Waals surface area (Å²) >= 11 is 0. The third-order valence-corrected chi connectivity index (χ3v) is 2.46. The summed E-state index contributed by atoms with van der Waals surface area (Å²) in [7, 11) is 0. The van der Waals surface area contributed by atoms with Crippen LogP contribution in [0.5, 0.6) is 0 Å². The van der Waals surface area contributed by atoms with Crippen LogP contribution in [0, 0.1) is 13.8 Å². The van der Waals surface area contributed by atoms with E-state index in [1.54, 1.807) is 24.4 Å². The van der Waals surface area contributed by atoms with E-state index < -0.39 is 18.8 Å². The molecule has 0 heterocycles. The number of alkyl halides is 3. The van der Waals surface area contributed by atoms with Gasteiger partial charge in [-0.25, -0.2) is 4.79 Å². The van der Waals surface area contributed by atoms with E-state index in [0.717, 1.165) is 11.1 Å². The van der Waals surface area contributed by atoms with Crippen LogP contribution in [0.3, 0.4) is 0 Å². The Morgan fingerprint density at radius 3 is 2.50 bits per heavy atom. The molecule has 0 unspecified atom stereocenters. The summed E-state index contributed by atoms with van der Waals surface area (Å²) in [5.41, 5.74) is 7.89. The Bertz CT molecular complexity index is 458. The number of aryl methyl sites for hydroxylation is 1. The summed E-state index contributed by atoms with van der Waals surface area (Å²) in [6, 6.07) is 2.42. The topological polar surface area (TPSA) is 67.1 Å². The van der Waals surface area contributed by atoms with Crippen molar-refractivity contribution in [3.05, 3.63) is 23.3 Å². The highest BCUT2D eigenvalue weighted by atomic mass is 19.4. The number of carbonyl (C=O) groups excluding carboxylic acids is 1. The smallest absolute Gasteiger partial charge is 0.397 e. The number of hydrogen-bond acceptors (Lipinski definition) is 2. The van der Waals surface area contributed by atoms with Crippen LogP contribution < -0.4 is 16.4 Å². The molecule has 18 heavy (non-hydrogen) atoms. The average Bonchev–Trinajstić information content (AvgIpc) is 2.26. The van der Waals surface area contributed by atoms with Gasteiger partial charge in [-0.15, -0.1) is 0 Å². The Balaban J connectivity index is 2.74. The summed E-state index contributed by atoms with van der Waals surface area (Å²) in [6.07, 6.45) is -4.44. The Labute approximate surface area is 102 Å². The van der Waals surface area contributed by atoms with Crippen molar-refractivity contribution in [3.8, 4) is 0 Å². The van der Waals surface area contributed by atoms with Crippen molar-refractivity contribution in [1.29, 1.82) is 0 Å². The lowest BCUT2D eigenvalue weighted by molar-refractivity contribution is -0.122. The van der Waals surface area contributed by atoms with Gasteiger partial charge in [0.15, 0.2) is 0 Å². The first-order chi connectivity index (χ1) is 8.20. The standard InChI is InChI=1S/C11H14F3N3O/c1-6-3-4-8(15)9(7(6)2)17-10(18)16-5-11(12,13)14/h3-4H,5,15H2,1-2H3,(H2,16,17,18). The summed E-state index contributed by atoms with van der Waals surface area (Å²) < 4.78 is 35.7. The van der Waals surface area contributed by atoms with Crippen LogP contribution in [0.2, 0.25) is 0 Å². The molecule has 1 rings (SSSR count). The molecule has 0 saturated carbocycles. The zero-order chi connectivity index (χ0) is 13.9. The summed E-state index contributed by atoms with van der Waals surface area (Å²) in [5, 5.41) is 4.03. The predicted molar refractivity (Wildman–Crippen MR) is 63.4 cm³/mol. The van der Waals surface area contributed by atoms with Crippen molar-refractivity contribution < 1.29 is 18.0 Å². The molecule has 1 aromatic carbocycles. The lowest BCUT2D eigenvalue weighted by atomic mass is 10.1. The molecule has 4 nitrogen and oxygen atoms in total. The van der Waals surface area contributed by atoms with Gasteiger partial charge >= 0.3 is 12.2 Å². The van der Waals surface area contributed by atoms with E-state index in [0.29, 0.717) is 11.4 Å². The number of halogens is 3. The molecule has 0 saturated heterocycles. The third-order valence-electron chi connectivity index (χ3n) is 2.46. The van der Waals surface area contributed by atoms with Crippen molar-refractivity contribution in [2.75, 3.05) is 17.6 Å². The molecule has 100 valence electrons. The van der Waals surface area contributed by atoms with Crippen molar-refractivity contribution in [2.45, 2.75) is 20.0 Å². The van der Waals surface area contributed by atoms with E-state index in [4.69, 9.17) is 5.73 Å². The number of anilines is 2. The summed E-state index contributed by atoms with van der Waals surface area (Å²) in [6.45, 7) is 2.15. The van der Waals surface area contributed by atoms with E-state index >= 15 is 0 Å². The van der Waals surface area contributed by atoms with E-state index in [1.165, 1.54) is 0 Å². The van der Waals surface area contributed by atoms with E-state index in [2.05, 4.69) is 5.32 Å². The fourth-order valence-electron chi connectivity index (χ4n) is 1.34. The van der Waals surface area contributed by atoms with Crippen LogP contribution in [-0.2, 0) is 0 Å². The molecule has 0 aliphatic heterocycles. The van der Waals surface area contributed by atoms with Crippen molar-refractivity contribution in [2.24, 2.45) is 0 Å². The molecule has 4 N–H and O–H groups in total. The second-order valence-corrected chi connectivity index (χ2v) is 3.89. The highest BCUT2D eigenvalue weighted by Gasteiger charge is 2.27. The van der Waals surface area contributed by atoms with Crippen LogP contribution >= 0.6 is 0 Å². The SMILES string of the molecule is Cc1ccc(N)c(NC(=O)NCC(F)(F)F)c1C. The van der Waals surface area contributed by atoms with Gasteiger partial charge < -0.3 is 16.4 Å². The van der Waals surface area contributed by atoms with Crippen LogP contribution in [-0.4, -0.2) is 18.8 Å². The number of nitrogens with one attached hydrogen (secondary N) is 2. The number of carbonyl (C=O) groups is 1. The van der Waals surface area contributed by atoms with Crippen molar-refractivity contribution in [1.82, 2.24) is 5.32 Å². The predicted octanol–water partition coefficient (Wildman–Crippen LogP) is 2.57. The summed E-state index contributed by atoms with van der Waals surface area (Å²) in [4.78, 5) is 11.3. The molecular formula is C11H14F3N3O. The monoisotopic (exact) mass is 261 g/mol. The molecule has 2 amide bonds. The number of nitrogen functional groups attached to an aromatic ring is 1. The van der Waals surface area contributed by atoms with Gasteiger partial charge in [-0.3, -0.25) is 0 Å². The number of benzene rings is 1. The first kappa shape index (κ1) is 14.1. The van der Waals surface area contributed by atoms with Crippen LogP contribution in [0.25, 0.3) is 0 Å². The second-order valence-electron chi connectivity index (χ2n) is 3.89. The lowest BCUT2D eigenvalue weighted by Gasteiger charge is -2.14. The average molecular weight is 261 g/mol. The Morgan fingerprint density at radius 2 is 1.94 bits per heavy atom. The number of amides is 2. The van der Waals surface area contributed by atoms with Gasteiger partial charge in [-0.05, 0) is 31.0 Å². The lowest BCUT2D eigenvalue weighted by Crippen LogP contribution is -2.36. The van der Waals surface area contributed by atoms with Gasteiger partial charge in [0, 0.05) is 0 Å². The van der Waals surface area contributed by atoms with Crippen molar-refractivity contribution >= 4 is 17.4 Å². The molecule has 0 aliphatic rings. The molecular weight excluding hydrogens is 247 g/mol. The first-order valence-electron chi connectivity index (χ1n) is 5.18. The molecule has 0 bridgehead atoms.